The van der Waals surface area contributed by atoms with Crippen molar-refractivity contribution < 1.29 is 0 Å². The fourth-order valence-corrected chi connectivity index (χ4v) is 1.22. The number of rotatable bonds is 1. The van der Waals surface area contributed by atoms with Gasteiger partial charge >= 0.3 is 0 Å². The molecule has 0 saturated carbocycles. The SMILES string of the molecule is C/C=C\C1=C(C)NCNCC1. The summed E-state index contributed by atoms with van der Waals surface area (Å²) in [7, 11) is 0. The van der Waals surface area contributed by atoms with Crippen LogP contribution in [0.3, 0.4) is 0 Å². The Hall–Kier alpha value is -0.760. The molecule has 0 spiro atoms. The summed E-state index contributed by atoms with van der Waals surface area (Å²) in [5, 5.41) is 6.58. The molecule has 62 valence electrons. The van der Waals surface area contributed by atoms with Crippen LogP contribution in [0.15, 0.2) is 23.4 Å². The second-order valence-corrected chi connectivity index (χ2v) is 2.75. The molecule has 1 aliphatic heterocycles. The Morgan fingerprint density at radius 3 is 3.00 bits per heavy atom. The van der Waals surface area contributed by atoms with Crippen molar-refractivity contribution in [2.75, 3.05) is 13.2 Å². The van der Waals surface area contributed by atoms with Crippen molar-refractivity contribution in [3.8, 4) is 0 Å². The third-order valence-electron chi connectivity index (χ3n) is 1.90. The van der Waals surface area contributed by atoms with Crippen molar-refractivity contribution in [2.24, 2.45) is 0 Å². The Bertz CT molecular complexity index is 180. The standard InChI is InChI=1S/C9H16N2/c1-3-4-9-5-6-10-7-11-8(9)2/h3-4,10-11H,5-7H2,1-2H3/b4-3-. The van der Waals surface area contributed by atoms with E-state index in [1.165, 1.54) is 11.3 Å². The average Bonchev–Trinajstić information content (AvgIpc) is 2.18. The van der Waals surface area contributed by atoms with Gasteiger partial charge in [0.05, 0.1) is 6.67 Å². The first-order valence-electron chi connectivity index (χ1n) is 4.11. The van der Waals surface area contributed by atoms with Gasteiger partial charge in [-0.3, -0.25) is 5.32 Å². The van der Waals surface area contributed by atoms with Crippen LogP contribution in [0.4, 0.5) is 0 Å². The molecule has 1 heterocycles. The molecule has 2 heteroatoms. The molecule has 1 aliphatic rings. The third kappa shape index (κ3) is 2.39. The van der Waals surface area contributed by atoms with Gasteiger partial charge in [0.2, 0.25) is 0 Å². The number of nitrogens with one attached hydrogen (secondary N) is 2. The Kier molecular flexibility index (Phi) is 3.17. The van der Waals surface area contributed by atoms with Crippen molar-refractivity contribution in [3.63, 3.8) is 0 Å². The van der Waals surface area contributed by atoms with Gasteiger partial charge in [-0.05, 0) is 25.8 Å². The van der Waals surface area contributed by atoms with Crippen molar-refractivity contribution >= 4 is 0 Å². The summed E-state index contributed by atoms with van der Waals surface area (Å²) in [6.45, 7) is 6.15. The third-order valence-corrected chi connectivity index (χ3v) is 1.90. The minimum absolute atomic E-state index is 0.896. The lowest BCUT2D eigenvalue weighted by atomic mass is 10.1. The number of hydrogen-bond donors (Lipinski definition) is 2. The minimum atomic E-state index is 0.896. The summed E-state index contributed by atoms with van der Waals surface area (Å²) in [4.78, 5) is 0. The summed E-state index contributed by atoms with van der Waals surface area (Å²) in [5.74, 6) is 0. The summed E-state index contributed by atoms with van der Waals surface area (Å²) in [5.41, 5.74) is 2.71. The topological polar surface area (TPSA) is 24.1 Å². The smallest absolute Gasteiger partial charge is 0.0650 e. The van der Waals surface area contributed by atoms with E-state index in [0.29, 0.717) is 0 Å². The average molecular weight is 152 g/mol. The van der Waals surface area contributed by atoms with Gasteiger partial charge in [-0.2, -0.15) is 0 Å². The predicted octanol–water partition coefficient (Wildman–Crippen LogP) is 1.38. The molecule has 0 saturated heterocycles. The Morgan fingerprint density at radius 1 is 1.45 bits per heavy atom. The number of allylic oxidation sites excluding steroid dienone is 3. The predicted molar refractivity (Wildman–Crippen MR) is 48.1 cm³/mol. The monoisotopic (exact) mass is 152 g/mol. The lowest BCUT2D eigenvalue weighted by molar-refractivity contribution is 0.662. The lowest BCUT2D eigenvalue weighted by Gasteiger charge is -2.04. The molecule has 0 amide bonds. The maximum atomic E-state index is 3.30. The van der Waals surface area contributed by atoms with E-state index in [-0.39, 0.29) is 0 Å². The van der Waals surface area contributed by atoms with Gasteiger partial charge in [0.25, 0.3) is 0 Å². The van der Waals surface area contributed by atoms with Gasteiger partial charge in [0.15, 0.2) is 0 Å². The molecule has 0 atom stereocenters. The van der Waals surface area contributed by atoms with Crippen molar-refractivity contribution in [1.29, 1.82) is 0 Å². The zero-order valence-electron chi connectivity index (χ0n) is 7.28. The molecule has 2 nitrogen and oxygen atoms in total. The lowest BCUT2D eigenvalue weighted by Crippen LogP contribution is -2.25. The van der Waals surface area contributed by atoms with E-state index in [2.05, 4.69) is 36.6 Å². The first-order valence-corrected chi connectivity index (χ1v) is 4.11. The highest BCUT2D eigenvalue weighted by Gasteiger charge is 2.02. The molecule has 0 bridgehead atoms. The van der Waals surface area contributed by atoms with E-state index in [4.69, 9.17) is 0 Å². The van der Waals surface area contributed by atoms with E-state index in [1.807, 2.05) is 0 Å². The molecule has 0 fully saturated rings. The van der Waals surface area contributed by atoms with Gasteiger partial charge in [-0.1, -0.05) is 12.2 Å². The molecule has 0 aliphatic carbocycles. The molecule has 0 radical (unpaired) electrons. The van der Waals surface area contributed by atoms with Crippen molar-refractivity contribution in [1.82, 2.24) is 10.6 Å². The van der Waals surface area contributed by atoms with E-state index >= 15 is 0 Å². The van der Waals surface area contributed by atoms with Gasteiger partial charge in [-0.15, -0.1) is 0 Å². The van der Waals surface area contributed by atoms with E-state index in [0.717, 1.165) is 19.6 Å². The van der Waals surface area contributed by atoms with Crippen LogP contribution in [0.1, 0.15) is 20.3 Å². The van der Waals surface area contributed by atoms with Gasteiger partial charge in [0.1, 0.15) is 0 Å². The Labute approximate surface area is 68.4 Å². The van der Waals surface area contributed by atoms with Gasteiger partial charge in [-0.25, -0.2) is 0 Å². The second kappa shape index (κ2) is 4.19. The van der Waals surface area contributed by atoms with Gasteiger partial charge < -0.3 is 5.32 Å². The fraction of sp³-hybridized carbons (Fsp3) is 0.556. The van der Waals surface area contributed by atoms with Gasteiger partial charge in [0, 0.05) is 12.2 Å². The van der Waals surface area contributed by atoms with Crippen molar-refractivity contribution in [2.45, 2.75) is 20.3 Å². The normalized spacial score (nSPS) is 20.2. The number of hydrogen-bond acceptors (Lipinski definition) is 2. The van der Waals surface area contributed by atoms with Crippen LogP contribution < -0.4 is 10.6 Å². The summed E-state index contributed by atoms with van der Waals surface area (Å²) >= 11 is 0. The molecular weight excluding hydrogens is 136 g/mol. The van der Waals surface area contributed by atoms with Crippen LogP contribution in [0.2, 0.25) is 0 Å². The summed E-state index contributed by atoms with van der Waals surface area (Å²) in [6.07, 6.45) is 5.39. The first kappa shape index (κ1) is 8.34. The minimum Gasteiger partial charge on any atom is -0.376 e. The summed E-state index contributed by atoms with van der Waals surface area (Å²) < 4.78 is 0. The molecule has 0 unspecified atom stereocenters. The van der Waals surface area contributed by atoms with Crippen LogP contribution in [-0.4, -0.2) is 13.2 Å². The Morgan fingerprint density at radius 2 is 2.27 bits per heavy atom. The van der Waals surface area contributed by atoms with Crippen LogP contribution in [0.5, 0.6) is 0 Å². The fourth-order valence-electron chi connectivity index (χ4n) is 1.22. The van der Waals surface area contributed by atoms with Crippen LogP contribution in [-0.2, 0) is 0 Å². The summed E-state index contributed by atoms with van der Waals surface area (Å²) in [6, 6.07) is 0. The van der Waals surface area contributed by atoms with E-state index in [1.54, 1.807) is 0 Å². The molecule has 11 heavy (non-hydrogen) atoms. The highest BCUT2D eigenvalue weighted by Crippen LogP contribution is 2.08. The zero-order chi connectivity index (χ0) is 8.10. The Balaban J connectivity index is 2.67. The first-order chi connectivity index (χ1) is 5.34. The van der Waals surface area contributed by atoms with E-state index in [9.17, 15) is 0 Å². The van der Waals surface area contributed by atoms with Crippen LogP contribution in [0.25, 0.3) is 0 Å². The largest absolute Gasteiger partial charge is 0.376 e. The van der Waals surface area contributed by atoms with E-state index < -0.39 is 0 Å². The maximum Gasteiger partial charge on any atom is 0.0650 e. The van der Waals surface area contributed by atoms with Crippen LogP contribution in [0, 0.1) is 0 Å². The molecule has 1 rings (SSSR count). The highest BCUT2D eigenvalue weighted by atomic mass is 15.1. The maximum absolute atomic E-state index is 3.30. The molecule has 2 N–H and O–H groups in total. The zero-order valence-corrected chi connectivity index (χ0v) is 7.28. The quantitative estimate of drug-likeness (QED) is 0.593. The van der Waals surface area contributed by atoms with Crippen LogP contribution >= 0.6 is 0 Å². The molecule has 0 aromatic heterocycles. The molecular formula is C9H16N2. The highest BCUT2D eigenvalue weighted by molar-refractivity contribution is 5.24. The van der Waals surface area contributed by atoms with Crippen molar-refractivity contribution in [3.05, 3.63) is 23.4 Å². The molecule has 0 aromatic carbocycles. The second-order valence-electron chi connectivity index (χ2n) is 2.75. The molecule has 0 aromatic rings.